The van der Waals surface area contributed by atoms with Crippen molar-refractivity contribution in [2.24, 2.45) is 0 Å². The second-order valence-corrected chi connectivity index (χ2v) is 8.45. The summed E-state index contributed by atoms with van der Waals surface area (Å²) in [6.45, 7) is 4.02. The number of hydrogen-bond donors (Lipinski definition) is 1. The number of amides is 3. The van der Waals surface area contributed by atoms with Crippen molar-refractivity contribution in [3.8, 4) is 0 Å². The smallest absolute Gasteiger partial charge is 0.293 e. The van der Waals surface area contributed by atoms with Gasteiger partial charge in [0, 0.05) is 31.5 Å². The first-order valence-corrected chi connectivity index (χ1v) is 10.9. The quantitative estimate of drug-likeness (QED) is 0.476. The summed E-state index contributed by atoms with van der Waals surface area (Å²) in [4.78, 5) is 50.3. The molecule has 0 saturated carbocycles. The Morgan fingerprint density at radius 2 is 1.75 bits per heavy atom. The molecule has 2 aromatic rings. The molecular weight excluding hydrogens is 431 g/mol. The highest BCUT2D eigenvalue weighted by molar-refractivity contribution is 8.18. The van der Waals surface area contributed by atoms with Crippen LogP contribution in [0.3, 0.4) is 0 Å². The minimum absolute atomic E-state index is 0.0259. The molecule has 1 fully saturated rings. The number of hydrogen-bond acceptors (Lipinski definition) is 5. The predicted molar refractivity (Wildman–Crippen MR) is 122 cm³/mol. The molecule has 166 valence electrons. The molecule has 8 heteroatoms. The molecule has 0 radical (unpaired) electrons. The average molecular weight is 455 g/mol. The van der Waals surface area contributed by atoms with Gasteiger partial charge in [-0.05, 0) is 66.6 Å². The molecule has 32 heavy (non-hydrogen) atoms. The highest BCUT2D eigenvalue weighted by Crippen LogP contribution is 2.31. The van der Waals surface area contributed by atoms with E-state index in [9.17, 15) is 23.6 Å². The van der Waals surface area contributed by atoms with Crippen LogP contribution in [0, 0.1) is 19.7 Å². The van der Waals surface area contributed by atoms with Gasteiger partial charge >= 0.3 is 0 Å². The number of nitrogens with one attached hydrogen (secondary N) is 1. The van der Waals surface area contributed by atoms with Crippen LogP contribution in [-0.2, 0) is 9.59 Å². The van der Waals surface area contributed by atoms with E-state index >= 15 is 0 Å². The molecule has 0 aromatic heterocycles. The molecule has 6 nitrogen and oxygen atoms in total. The van der Waals surface area contributed by atoms with Gasteiger partial charge in [-0.2, -0.15) is 0 Å². The summed E-state index contributed by atoms with van der Waals surface area (Å²) < 4.78 is 13.0. The Labute approximate surface area is 189 Å². The second kappa shape index (κ2) is 10.4. The number of rotatable bonds is 8. The largest absolute Gasteiger partial charge is 0.354 e. The van der Waals surface area contributed by atoms with Crippen molar-refractivity contribution in [1.29, 1.82) is 0 Å². The fourth-order valence-corrected chi connectivity index (χ4v) is 3.95. The lowest BCUT2D eigenvalue weighted by Gasteiger charge is -2.13. The number of ketones is 1. The van der Waals surface area contributed by atoms with Gasteiger partial charge in [0.05, 0.1) is 4.91 Å². The van der Waals surface area contributed by atoms with E-state index in [2.05, 4.69) is 5.32 Å². The van der Waals surface area contributed by atoms with Gasteiger partial charge in [0.25, 0.3) is 11.1 Å². The number of carbonyl (C=O) groups is 4. The number of imide groups is 1. The summed E-state index contributed by atoms with van der Waals surface area (Å²) in [5, 5.41) is 2.21. The van der Waals surface area contributed by atoms with Crippen LogP contribution in [-0.4, -0.2) is 40.8 Å². The Bertz CT molecular complexity index is 1100. The molecule has 1 heterocycles. The lowest BCUT2D eigenvalue weighted by Crippen LogP contribution is -2.37. The minimum Gasteiger partial charge on any atom is -0.354 e. The van der Waals surface area contributed by atoms with E-state index in [1.165, 1.54) is 30.3 Å². The van der Waals surface area contributed by atoms with Crippen molar-refractivity contribution < 1.29 is 23.6 Å². The number of thioether (sulfide) groups is 1. The Kier molecular flexibility index (Phi) is 7.58. The normalized spacial score (nSPS) is 14.8. The molecule has 0 atom stereocenters. The molecule has 1 N–H and O–H groups in total. The molecule has 0 unspecified atom stereocenters. The van der Waals surface area contributed by atoms with Gasteiger partial charge in [-0.15, -0.1) is 0 Å². The van der Waals surface area contributed by atoms with Gasteiger partial charge in [-0.25, -0.2) is 4.39 Å². The van der Waals surface area contributed by atoms with Crippen LogP contribution in [0.4, 0.5) is 9.18 Å². The second-order valence-electron chi connectivity index (χ2n) is 7.46. The SMILES string of the molecule is Cc1ccc(C(=O)CCC(=O)NCCN2C(=O)S/C(=C\c3ccc(F)cc3)C2=O)cc1C. The summed E-state index contributed by atoms with van der Waals surface area (Å²) in [6, 6.07) is 11.0. The van der Waals surface area contributed by atoms with Crippen molar-refractivity contribution in [2.75, 3.05) is 13.1 Å². The molecule has 1 saturated heterocycles. The molecule has 1 aliphatic heterocycles. The predicted octanol–water partition coefficient (Wildman–Crippen LogP) is 4.26. The van der Waals surface area contributed by atoms with E-state index in [0.29, 0.717) is 11.1 Å². The van der Waals surface area contributed by atoms with E-state index in [1.54, 1.807) is 6.07 Å². The van der Waals surface area contributed by atoms with Crippen LogP contribution >= 0.6 is 11.8 Å². The van der Waals surface area contributed by atoms with Gasteiger partial charge in [-0.1, -0.05) is 24.3 Å². The van der Waals surface area contributed by atoms with Gasteiger partial charge in [0.2, 0.25) is 5.91 Å². The van der Waals surface area contributed by atoms with E-state index in [4.69, 9.17) is 0 Å². The number of nitrogens with zero attached hydrogens (tertiary/aromatic N) is 1. The number of halogens is 1. The van der Waals surface area contributed by atoms with Crippen molar-refractivity contribution in [3.05, 3.63) is 75.4 Å². The number of benzene rings is 2. The third kappa shape index (κ3) is 5.91. The number of Topliss-reactive ketones (excluding diaryl/α,β-unsaturated/α-hetero) is 1. The third-order valence-electron chi connectivity index (χ3n) is 5.11. The van der Waals surface area contributed by atoms with Crippen LogP contribution in [0.1, 0.15) is 39.9 Å². The van der Waals surface area contributed by atoms with Crippen molar-refractivity contribution in [1.82, 2.24) is 10.2 Å². The molecule has 0 aliphatic carbocycles. The summed E-state index contributed by atoms with van der Waals surface area (Å²) in [6.07, 6.45) is 1.63. The zero-order valence-corrected chi connectivity index (χ0v) is 18.6. The number of aryl methyl sites for hydroxylation is 2. The van der Waals surface area contributed by atoms with Crippen LogP contribution in [0.5, 0.6) is 0 Å². The lowest BCUT2D eigenvalue weighted by molar-refractivity contribution is -0.124. The molecule has 0 bridgehead atoms. The molecule has 3 rings (SSSR count). The van der Waals surface area contributed by atoms with Gasteiger partial charge in [0.1, 0.15) is 5.82 Å². The molecule has 0 spiro atoms. The summed E-state index contributed by atoms with van der Waals surface area (Å²) in [5.74, 6) is -1.28. The fourth-order valence-electron chi connectivity index (χ4n) is 3.08. The van der Waals surface area contributed by atoms with E-state index in [0.717, 1.165) is 27.8 Å². The topological polar surface area (TPSA) is 83.6 Å². The van der Waals surface area contributed by atoms with Crippen LogP contribution in [0.15, 0.2) is 47.4 Å². The van der Waals surface area contributed by atoms with Crippen molar-refractivity contribution >= 4 is 40.7 Å². The zero-order chi connectivity index (χ0) is 23.3. The van der Waals surface area contributed by atoms with Gasteiger partial charge in [-0.3, -0.25) is 24.1 Å². The standard InChI is InChI=1S/C24H23FN2O4S/c1-15-3-6-18(13-16(15)2)20(28)9-10-22(29)26-11-12-27-23(30)21(32-24(27)31)14-17-4-7-19(25)8-5-17/h3-8,13-14H,9-12H2,1-2H3,(H,26,29)/b21-14-. The monoisotopic (exact) mass is 454 g/mol. The Morgan fingerprint density at radius 3 is 2.44 bits per heavy atom. The Hall–Kier alpha value is -3.26. The maximum Gasteiger partial charge on any atom is 0.293 e. The molecule has 3 amide bonds. The van der Waals surface area contributed by atoms with E-state index in [1.807, 2.05) is 26.0 Å². The van der Waals surface area contributed by atoms with Crippen LogP contribution in [0.2, 0.25) is 0 Å². The third-order valence-corrected chi connectivity index (χ3v) is 6.01. The minimum atomic E-state index is -0.455. The first-order chi connectivity index (χ1) is 15.2. The van der Waals surface area contributed by atoms with E-state index < -0.39 is 11.1 Å². The first-order valence-electron chi connectivity index (χ1n) is 10.1. The Morgan fingerprint density at radius 1 is 1.03 bits per heavy atom. The van der Waals surface area contributed by atoms with Gasteiger partial charge < -0.3 is 5.32 Å². The highest BCUT2D eigenvalue weighted by Gasteiger charge is 2.34. The average Bonchev–Trinajstić information content (AvgIpc) is 3.02. The first kappa shape index (κ1) is 23.4. The van der Waals surface area contributed by atoms with Crippen LogP contribution in [0.25, 0.3) is 6.08 Å². The van der Waals surface area contributed by atoms with Gasteiger partial charge in [0.15, 0.2) is 5.78 Å². The maximum absolute atomic E-state index is 13.0. The summed E-state index contributed by atoms with van der Waals surface area (Å²) >= 11 is 0.801. The summed E-state index contributed by atoms with van der Waals surface area (Å²) in [5.41, 5.74) is 3.30. The zero-order valence-electron chi connectivity index (χ0n) is 17.8. The molecule has 1 aliphatic rings. The fraction of sp³-hybridized carbons (Fsp3) is 0.250. The van der Waals surface area contributed by atoms with E-state index in [-0.39, 0.29) is 48.3 Å². The lowest BCUT2D eigenvalue weighted by atomic mass is 10.0. The van der Waals surface area contributed by atoms with Crippen LogP contribution < -0.4 is 5.32 Å². The number of carbonyl (C=O) groups excluding carboxylic acids is 4. The van der Waals surface area contributed by atoms with Crippen molar-refractivity contribution in [2.45, 2.75) is 26.7 Å². The van der Waals surface area contributed by atoms with Crippen molar-refractivity contribution in [3.63, 3.8) is 0 Å². The Balaban J connectivity index is 1.46. The maximum atomic E-state index is 13.0. The summed E-state index contributed by atoms with van der Waals surface area (Å²) in [7, 11) is 0. The molecule has 2 aromatic carbocycles. The molecular formula is C24H23FN2O4S. The highest BCUT2D eigenvalue weighted by atomic mass is 32.2.